The Bertz CT molecular complexity index is 235. The molecule has 1 aliphatic heterocycles. The normalized spacial score (nSPS) is 19.2. The second kappa shape index (κ2) is 3.72. The molecular formula is C11H17N. The average molecular weight is 163 g/mol. The van der Waals surface area contributed by atoms with Crippen molar-refractivity contribution < 1.29 is 0 Å². The monoisotopic (exact) mass is 163 g/mol. The highest BCUT2D eigenvalue weighted by Crippen LogP contribution is 2.13. The lowest BCUT2D eigenvalue weighted by molar-refractivity contribution is 0.342. The van der Waals surface area contributed by atoms with E-state index in [2.05, 4.69) is 38.0 Å². The van der Waals surface area contributed by atoms with Crippen molar-refractivity contribution in [3.8, 4) is 0 Å². The van der Waals surface area contributed by atoms with Gasteiger partial charge < -0.3 is 0 Å². The van der Waals surface area contributed by atoms with Gasteiger partial charge in [-0.25, -0.2) is 0 Å². The molecule has 0 bridgehead atoms. The minimum atomic E-state index is 0.990. The SMILES string of the molecule is C=C(C)CN1CC(=C)C=C(C)C1. The molecule has 1 nitrogen and oxygen atoms in total. The second-order valence-electron chi connectivity index (χ2n) is 3.75. The molecule has 0 saturated heterocycles. The van der Waals surface area contributed by atoms with Crippen molar-refractivity contribution >= 4 is 0 Å². The van der Waals surface area contributed by atoms with Gasteiger partial charge in [-0.05, 0) is 19.4 Å². The fraction of sp³-hybridized carbons (Fsp3) is 0.455. The highest BCUT2D eigenvalue weighted by molar-refractivity contribution is 5.26. The van der Waals surface area contributed by atoms with E-state index in [9.17, 15) is 0 Å². The van der Waals surface area contributed by atoms with Crippen LogP contribution in [0, 0.1) is 0 Å². The van der Waals surface area contributed by atoms with Crippen LogP contribution in [0.4, 0.5) is 0 Å². The Morgan fingerprint density at radius 1 is 1.58 bits per heavy atom. The first-order valence-corrected chi connectivity index (χ1v) is 4.29. The van der Waals surface area contributed by atoms with Gasteiger partial charge in [0.25, 0.3) is 0 Å². The van der Waals surface area contributed by atoms with Crippen molar-refractivity contribution in [3.05, 3.63) is 36.0 Å². The van der Waals surface area contributed by atoms with Crippen LogP contribution in [-0.2, 0) is 0 Å². The van der Waals surface area contributed by atoms with Gasteiger partial charge in [-0.1, -0.05) is 30.4 Å². The first kappa shape index (κ1) is 9.27. The van der Waals surface area contributed by atoms with E-state index in [-0.39, 0.29) is 0 Å². The molecule has 0 N–H and O–H groups in total. The van der Waals surface area contributed by atoms with E-state index in [4.69, 9.17) is 0 Å². The maximum absolute atomic E-state index is 3.97. The zero-order chi connectivity index (χ0) is 9.14. The van der Waals surface area contributed by atoms with Crippen LogP contribution in [0.2, 0.25) is 0 Å². The minimum Gasteiger partial charge on any atom is -0.291 e. The summed E-state index contributed by atoms with van der Waals surface area (Å²) in [5.41, 5.74) is 3.82. The van der Waals surface area contributed by atoms with E-state index in [0.29, 0.717) is 0 Å². The predicted molar refractivity (Wildman–Crippen MR) is 54.2 cm³/mol. The smallest absolute Gasteiger partial charge is 0.0234 e. The summed E-state index contributed by atoms with van der Waals surface area (Å²) < 4.78 is 0. The van der Waals surface area contributed by atoms with Gasteiger partial charge >= 0.3 is 0 Å². The van der Waals surface area contributed by atoms with Crippen molar-refractivity contribution in [2.24, 2.45) is 0 Å². The lowest BCUT2D eigenvalue weighted by atomic mass is 10.1. The lowest BCUT2D eigenvalue weighted by Gasteiger charge is -2.27. The predicted octanol–water partition coefficient (Wildman–Crippen LogP) is 2.38. The Morgan fingerprint density at radius 3 is 2.75 bits per heavy atom. The summed E-state index contributed by atoms with van der Waals surface area (Å²) in [4.78, 5) is 2.36. The number of rotatable bonds is 2. The van der Waals surface area contributed by atoms with Gasteiger partial charge in [-0.15, -0.1) is 0 Å². The quantitative estimate of drug-likeness (QED) is 0.565. The maximum Gasteiger partial charge on any atom is 0.0234 e. The molecular weight excluding hydrogens is 146 g/mol. The second-order valence-corrected chi connectivity index (χ2v) is 3.75. The molecule has 1 aliphatic rings. The van der Waals surface area contributed by atoms with Crippen molar-refractivity contribution in [3.63, 3.8) is 0 Å². The van der Waals surface area contributed by atoms with Gasteiger partial charge in [0.15, 0.2) is 0 Å². The largest absolute Gasteiger partial charge is 0.291 e. The molecule has 0 spiro atoms. The average Bonchev–Trinajstić information content (AvgIpc) is 1.81. The van der Waals surface area contributed by atoms with Crippen molar-refractivity contribution in [2.45, 2.75) is 13.8 Å². The van der Waals surface area contributed by atoms with Crippen LogP contribution in [0.5, 0.6) is 0 Å². The Balaban J connectivity index is 2.55. The first-order valence-electron chi connectivity index (χ1n) is 4.29. The van der Waals surface area contributed by atoms with Gasteiger partial charge in [0.2, 0.25) is 0 Å². The fourth-order valence-corrected chi connectivity index (χ4v) is 1.63. The highest BCUT2D eigenvalue weighted by atomic mass is 15.1. The van der Waals surface area contributed by atoms with Gasteiger partial charge in [0.1, 0.15) is 0 Å². The third-order valence-electron chi connectivity index (χ3n) is 1.84. The van der Waals surface area contributed by atoms with E-state index in [1.807, 2.05) is 0 Å². The molecule has 0 amide bonds. The third kappa shape index (κ3) is 2.67. The fourth-order valence-electron chi connectivity index (χ4n) is 1.63. The molecule has 0 aromatic carbocycles. The topological polar surface area (TPSA) is 3.24 Å². The summed E-state index contributed by atoms with van der Waals surface area (Å²) in [6.45, 7) is 15.1. The molecule has 0 aliphatic carbocycles. The van der Waals surface area contributed by atoms with Gasteiger partial charge in [0.05, 0.1) is 0 Å². The van der Waals surface area contributed by atoms with Crippen LogP contribution in [0.3, 0.4) is 0 Å². The molecule has 0 saturated carbocycles. The molecule has 0 atom stereocenters. The zero-order valence-electron chi connectivity index (χ0n) is 8.06. The molecule has 1 heterocycles. The molecule has 0 aromatic rings. The molecule has 1 rings (SSSR count). The lowest BCUT2D eigenvalue weighted by Crippen LogP contribution is -2.31. The molecule has 66 valence electrons. The standard InChI is InChI=1S/C11H17N/c1-9(2)6-12-7-10(3)5-11(4)8-12/h5H,1,3,6-8H2,2,4H3. The number of hydrogen-bond donors (Lipinski definition) is 0. The molecule has 0 radical (unpaired) electrons. The molecule has 0 aromatic heterocycles. The van der Waals surface area contributed by atoms with Gasteiger partial charge in [0, 0.05) is 19.6 Å². The van der Waals surface area contributed by atoms with Crippen LogP contribution in [-0.4, -0.2) is 24.5 Å². The van der Waals surface area contributed by atoms with Gasteiger partial charge in [-0.2, -0.15) is 0 Å². The maximum atomic E-state index is 3.97. The summed E-state index contributed by atoms with van der Waals surface area (Å²) in [6, 6.07) is 0. The van der Waals surface area contributed by atoms with Crippen molar-refractivity contribution in [1.29, 1.82) is 0 Å². The third-order valence-corrected chi connectivity index (χ3v) is 1.84. The van der Waals surface area contributed by atoms with Crippen LogP contribution in [0.25, 0.3) is 0 Å². The molecule has 1 heteroatoms. The van der Waals surface area contributed by atoms with Crippen molar-refractivity contribution in [1.82, 2.24) is 4.90 Å². The van der Waals surface area contributed by atoms with Crippen LogP contribution in [0.1, 0.15) is 13.8 Å². The van der Waals surface area contributed by atoms with E-state index < -0.39 is 0 Å². The van der Waals surface area contributed by atoms with Crippen LogP contribution in [0.15, 0.2) is 36.0 Å². The Labute approximate surface area is 75.1 Å². The minimum absolute atomic E-state index is 0.990. The zero-order valence-corrected chi connectivity index (χ0v) is 8.06. The number of nitrogens with zero attached hydrogens (tertiary/aromatic N) is 1. The van der Waals surface area contributed by atoms with E-state index >= 15 is 0 Å². The molecule has 0 unspecified atom stereocenters. The Morgan fingerprint density at radius 2 is 2.25 bits per heavy atom. The molecule has 12 heavy (non-hydrogen) atoms. The highest BCUT2D eigenvalue weighted by Gasteiger charge is 2.11. The van der Waals surface area contributed by atoms with E-state index in [0.717, 1.165) is 19.6 Å². The molecule has 0 fully saturated rings. The van der Waals surface area contributed by atoms with E-state index in [1.165, 1.54) is 16.7 Å². The van der Waals surface area contributed by atoms with Crippen LogP contribution >= 0.6 is 0 Å². The Kier molecular flexibility index (Phi) is 2.88. The van der Waals surface area contributed by atoms with Crippen LogP contribution < -0.4 is 0 Å². The first-order chi connectivity index (χ1) is 5.58. The summed E-state index contributed by atoms with van der Waals surface area (Å²) in [7, 11) is 0. The summed E-state index contributed by atoms with van der Waals surface area (Å²) in [5, 5.41) is 0. The van der Waals surface area contributed by atoms with E-state index in [1.54, 1.807) is 0 Å². The number of hydrogen-bond acceptors (Lipinski definition) is 1. The van der Waals surface area contributed by atoms with Crippen molar-refractivity contribution in [2.75, 3.05) is 19.6 Å². The summed E-state index contributed by atoms with van der Waals surface area (Å²) in [6.07, 6.45) is 2.18. The summed E-state index contributed by atoms with van der Waals surface area (Å²) in [5.74, 6) is 0. The Hall–Kier alpha value is -0.820. The van der Waals surface area contributed by atoms with Gasteiger partial charge in [-0.3, -0.25) is 4.90 Å². The summed E-state index contributed by atoms with van der Waals surface area (Å²) >= 11 is 0.